The normalized spacial score (nSPS) is 11.2. The van der Waals surface area contributed by atoms with E-state index in [4.69, 9.17) is 11.6 Å². The van der Waals surface area contributed by atoms with Gasteiger partial charge >= 0.3 is 0 Å². The number of benzene rings is 1. The third-order valence-corrected chi connectivity index (χ3v) is 4.76. The Morgan fingerprint density at radius 2 is 2.08 bits per heavy atom. The Morgan fingerprint density at radius 3 is 2.76 bits per heavy atom. The first-order valence-electron chi connectivity index (χ1n) is 7.71. The summed E-state index contributed by atoms with van der Waals surface area (Å²) >= 11 is 7.86. The summed E-state index contributed by atoms with van der Waals surface area (Å²) in [5.41, 5.74) is 2.62. The number of hydrogen-bond acceptors (Lipinski definition) is 4. The van der Waals surface area contributed by atoms with E-state index in [-0.39, 0.29) is 5.91 Å². The molecule has 0 spiro atoms. The van der Waals surface area contributed by atoms with E-state index in [1.165, 1.54) is 17.4 Å². The molecule has 0 radical (unpaired) electrons. The molecule has 2 heterocycles. The van der Waals surface area contributed by atoms with Gasteiger partial charge in [-0.2, -0.15) is 5.10 Å². The number of rotatable bonds is 5. The zero-order chi connectivity index (χ0) is 17.8. The smallest absolute Gasteiger partial charge is 0.250 e. The maximum Gasteiger partial charge on any atom is 0.250 e. The van der Waals surface area contributed by atoms with Gasteiger partial charge in [0.1, 0.15) is 5.15 Å². The number of halogens is 1. The van der Waals surface area contributed by atoms with Crippen LogP contribution in [-0.4, -0.2) is 20.7 Å². The van der Waals surface area contributed by atoms with Crippen molar-refractivity contribution in [3.8, 4) is 0 Å². The van der Waals surface area contributed by atoms with Gasteiger partial charge in [-0.25, -0.2) is 9.67 Å². The number of hydrogen-bond donors (Lipinski definition) is 1. The van der Waals surface area contributed by atoms with Gasteiger partial charge in [0.25, 0.3) is 0 Å². The zero-order valence-electron chi connectivity index (χ0n) is 13.9. The van der Waals surface area contributed by atoms with Gasteiger partial charge in [0, 0.05) is 22.7 Å². The number of nitrogens with zero attached hydrogens (tertiary/aromatic N) is 3. The molecule has 1 aromatic carbocycles. The highest BCUT2D eigenvalue weighted by Crippen LogP contribution is 2.22. The fourth-order valence-corrected chi connectivity index (χ4v) is 3.30. The van der Waals surface area contributed by atoms with Crippen molar-refractivity contribution in [2.75, 3.05) is 5.32 Å². The predicted molar refractivity (Wildman–Crippen MR) is 102 cm³/mol. The van der Waals surface area contributed by atoms with E-state index >= 15 is 0 Å². The maximum absolute atomic E-state index is 12.0. The van der Waals surface area contributed by atoms with Crippen LogP contribution in [0.5, 0.6) is 0 Å². The van der Waals surface area contributed by atoms with Crippen LogP contribution in [0.25, 0.3) is 6.08 Å². The second-order valence-electron chi connectivity index (χ2n) is 5.53. The van der Waals surface area contributed by atoms with Gasteiger partial charge in [0.15, 0.2) is 5.13 Å². The Hall–Kier alpha value is -2.44. The Balaban J connectivity index is 1.73. The number of amides is 1. The molecule has 0 bridgehead atoms. The number of nitrogens with one attached hydrogen (secondary N) is 1. The first-order chi connectivity index (χ1) is 12.0. The molecule has 1 N–H and O–H groups in total. The molecule has 0 unspecified atom stereocenters. The summed E-state index contributed by atoms with van der Waals surface area (Å²) in [5, 5.41) is 8.28. The highest BCUT2D eigenvalue weighted by atomic mass is 35.5. The van der Waals surface area contributed by atoms with Crippen LogP contribution in [0.3, 0.4) is 0 Å². The van der Waals surface area contributed by atoms with Crippen LogP contribution in [0.4, 0.5) is 5.13 Å². The SMILES string of the molecule is Cc1cnc(NC(=O)/C=C/c2c(C)nn(Cc3ccccc3)c2Cl)s1. The molecule has 0 aliphatic heterocycles. The van der Waals surface area contributed by atoms with Gasteiger partial charge in [-0.15, -0.1) is 11.3 Å². The van der Waals surface area contributed by atoms with E-state index in [1.54, 1.807) is 17.0 Å². The minimum Gasteiger partial charge on any atom is -0.298 e. The molecule has 0 saturated heterocycles. The Morgan fingerprint density at radius 1 is 1.32 bits per heavy atom. The second-order valence-corrected chi connectivity index (χ2v) is 7.12. The molecular formula is C18H17ClN4OS. The van der Waals surface area contributed by atoms with Crippen molar-refractivity contribution >= 4 is 40.1 Å². The average Bonchev–Trinajstić information content (AvgIpc) is 3.10. The monoisotopic (exact) mass is 372 g/mol. The standard InChI is InChI=1S/C18H17ClN4OS/c1-12-10-20-18(25-12)21-16(24)9-8-15-13(2)22-23(17(15)19)11-14-6-4-3-5-7-14/h3-10H,11H2,1-2H3,(H,20,21,24)/b9-8+. The second kappa shape index (κ2) is 7.63. The Kier molecular flexibility index (Phi) is 5.31. The lowest BCUT2D eigenvalue weighted by Crippen LogP contribution is -2.07. The van der Waals surface area contributed by atoms with Crippen molar-refractivity contribution < 1.29 is 4.79 Å². The quantitative estimate of drug-likeness (QED) is 0.679. The Bertz CT molecular complexity index is 915. The van der Waals surface area contributed by atoms with Crippen molar-refractivity contribution in [2.24, 2.45) is 0 Å². The molecule has 3 aromatic rings. The van der Waals surface area contributed by atoms with Crippen LogP contribution in [0.2, 0.25) is 5.15 Å². The summed E-state index contributed by atoms with van der Waals surface area (Å²) in [6.45, 7) is 4.39. The number of carbonyl (C=O) groups is 1. The fraction of sp³-hybridized carbons (Fsp3) is 0.167. The molecule has 5 nitrogen and oxygen atoms in total. The van der Waals surface area contributed by atoms with E-state index in [1.807, 2.05) is 44.2 Å². The first kappa shape index (κ1) is 17.4. The van der Waals surface area contributed by atoms with Crippen molar-refractivity contribution in [1.82, 2.24) is 14.8 Å². The lowest BCUT2D eigenvalue weighted by molar-refractivity contribution is -0.111. The summed E-state index contributed by atoms with van der Waals surface area (Å²) in [6.07, 6.45) is 4.85. The molecular weight excluding hydrogens is 356 g/mol. The fourth-order valence-electron chi connectivity index (χ4n) is 2.34. The van der Waals surface area contributed by atoms with Crippen LogP contribution >= 0.6 is 22.9 Å². The summed E-state index contributed by atoms with van der Waals surface area (Å²) in [6, 6.07) is 9.96. The molecule has 1 amide bonds. The van der Waals surface area contributed by atoms with Crippen LogP contribution < -0.4 is 5.32 Å². The summed E-state index contributed by atoms with van der Waals surface area (Å²) < 4.78 is 1.73. The van der Waals surface area contributed by atoms with E-state index in [9.17, 15) is 4.79 Å². The molecule has 25 heavy (non-hydrogen) atoms. The van der Waals surface area contributed by atoms with Crippen molar-refractivity contribution in [1.29, 1.82) is 0 Å². The number of aryl methyl sites for hydroxylation is 2. The van der Waals surface area contributed by atoms with E-state index in [0.717, 1.165) is 21.7 Å². The van der Waals surface area contributed by atoms with E-state index in [0.29, 0.717) is 16.8 Å². The van der Waals surface area contributed by atoms with Gasteiger partial charge in [0.05, 0.1) is 12.2 Å². The molecule has 0 atom stereocenters. The summed E-state index contributed by atoms with van der Waals surface area (Å²) in [7, 11) is 0. The van der Waals surface area contributed by atoms with Gasteiger partial charge in [-0.05, 0) is 25.5 Å². The van der Waals surface area contributed by atoms with Crippen molar-refractivity contribution in [2.45, 2.75) is 20.4 Å². The minimum atomic E-state index is -0.249. The van der Waals surface area contributed by atoms with Gasteiger partial charge < -0.3 is 0 Å². The highest BCUT2D eigenvalue weighted by molar-refractivity contribution is 7.15. The molecule has 0 fully saturated rings. The molecule has 7 heteroatoms. The third-order valence-electron chi connectivity index (χ3n) is 3.54. The lowest BCUT2D eigenvalue weighted by atomic mass is 10.2. The number of aromatic nitrogens is 3. The average molecular weight is 373 g/mol. The summed E-state index contributed by atoms with van der Waals surface area (Å²) in [5.74, 6) is -0.249. The molecule has 128 valence electrons. The van der Waals surface area contributed by atoms with Gasteiger partial charge in [-0.3, -0.25) is 10.1 Å². The summed E-state index contributed by atoms with van der Waals surface area (Å²) in [4.78, 5) is 17.2. The van der Waals surface area contributed by atoms with Crippen molar-refractivity contribution in [3.63, 3.8) is 0 Å². The lowest BCUT2D eigenvalue weighted by Gasteiger charge is -2.03. The van der Waals surface area contributed by atoms with Gasteiger partial charge in [0.2, 0.25) is 5.91 Å². The first-order valence-corrected chi connectivity index (χ1v) is 8.90. The van der Waals surface area contributed by atoms with E-state index in [2.05, 4.69) is 15.4 Å². The molecule has 2 aromatic heterocycles. The highest BCUT2D eigenvalue weighted by Gasteiger charge is 2.12. The number of thiazole rings is 1. The van der Waals surface area contributed by atoms with Crippen LogP contribution in [0.1, 0.15) is 21.7 Å². The largest absolute Gasteiger partial charge is 0.298 e. The minimum absolute atomic E-state index is 0.249. The topological polar surface area (TPSA) is 59.8 Å². The molecule has 3 rings (SSSR count). The molecule has 0 aliphatic carbocycles. The molecule has 0 saturated carbocycles. The third kappa shape index (κ3) is 4.35. The van der Waals surface area contributed by atoms with Crippen LogP contribution in [0, 0.1) is 13.8 Å². The number of carbonyl (C=O) groups excluding carboxylic acids is 1. The van der Waals surface area contributed by atoms with E-state index < -0.39 is 0 Å². The van der Waals surface area contributed by atoms with Crippen LogP contribution in [-0.2, 0) is 11.3 Å². The maximum atomic E-state index is 12.0. The Labute approximate surface area is 155 Å². The predicted octanol–water partition coefficient (Wildman–Crippen LogP) is 4.31. The van der Waals surface area contributed by atoms with Crippen molar-refractivity contribution in [3.05, 3.63) is 69.5 Å². The zero-order valence-corrected chi connectivity index (χ0v) is 15.4. The number of anilines is 1. The van der Waals surface area contributed by atoms with Gasteiger partial charge in [-0.1, -0.05) is 41.9 Å². The molecule has 0 aliphatic rings. The van der Waals surface area contributed by atoms with Crippen LogP contribution in [0.15, 0.2) is 42.6 Å².